The quantitative estimate of drug-likeness (QED) is 0.326. The van der Waals surface area contributed by atoms with Crippen LogP contribution in [0.15, 0.2) is 79.1 Å². The second-order valence-electron chi connectivity index (χ2n) is 7.88. The number of halogens is 2. The molecule has 0 N–H and O–H groups in total. The van der Waals surface area contributed by atoms with Crippen molar-refractivity contribution in [3.05, 3.63) is 95.7 Å². The first-order chi connectivity index (χ1) is 15.2. The summed E-state index contributed by atoms with van der Waals surface area (Å²) in [6, 6.07) is 20.3. The van der Waals surface area contributed by atoms with Crippen molar-refractivity contribution in [2.75, 3.05) is 0 Å². The average molecular weight is 429 g/mol. The Balaban J connectivity index is 1.70. The third kappa shape index (κ3) is 3.22. The Kier molecular flexibility index (Phi) is 4.18. The van der Waals surface area contributed by atoms with Crippen LogP contribution in [0.25, 0.3) is 33.8 Å². The van der Waals surface area contributed by atoms with Gasteiger partial charge in [0.05, 0.1) is 17.0 Å². The minimum atomic E-state index is -0.280. The summed E-state index contributed by atoms with van der Waals surface area (Å²) in [5, 5.41) is 5.68. The summed E-state index contributed by atoms with van der Waals surface area (Å²) in [4.78, 5) is 4.99. The van der Waals surface area contributed by atoms with E-state index in [2.05, 4.69) is 0 Å². The van der Waals surface area contributed by atoms with Crippen LogP contribution in [0.5, 0.6) is 0 Å². The molecule has 1 aliphatic rings. The van der Waals surface area contributed by atoms with E-state index in [1.807, 2.05) is 70.0 Å². The standard InChI is InChI=1S/C25H18ClFN4/c26-19-10-8-16(9-11-19)23-24(17-6-7-17)29-31-21(18-4-3-5-20(27)14-18)15-22(28-25(23)31)30-12-1-2-13-30/h1-5,8-15,17H,6-7H2. The Bertz CT molecular complexity index is 1400. The van der Waals surface area contributed by atoms with Gasteiger partial charge in [-0.15, -0.1) is 0 Å². The van der Waals surface area contributed by atoms with Crippen LogP contribution in [0.4, 0.5) is 4.39 Å². The van der Waals surface area contributed by atoms with Gasteiger partial charge in [0.15, 0.2) is 5.65 Å². The molecule has 0 amide bonds. The third-order valence-corrected chi connectivity index (χ3v) is 5.94. The number of nitrogens with zero attached hydrogens (tertiary/aromatic N) is 4. The van der Waals surface area contributed by atoms with E-state index in [0.29, 0.717) is 10.9 Å². The van der Waals surface area contributed by atoms with Crippen LogP contribution in [-0.2, 0) is 0 Å². The topological polar surface area (TPSA) is 35.1 Å². The maximum atomic E-state index is 14.1. The van der Waals surface area contributed by atoms with Crippen molar-refractivity contribution in [2.45, 2.75) is 18.8 Å². The van der Waals surface area contributed by atoms with Gasteiger partial charge in [-0.05, 0) is 54.8 Å². The molecular formula is C25H18ClFN4. The third-order valence-electron chi connectivity index (χ3n) is 5.69. The lowest BCUT2D eigenvalue weighted by Gasteiger charge is -2.10. The summed E-state index contributed by atoms with van der Waals surface area (Å²) in [5.41, 5.74) is 5.41. The van der Waals surface area contributed by atoms with Crippen LogP contribution in [0.1, 0.15) is 24.5 Å². The van der Waals surface area contributed by atoms with Crippen LogP contribution in [-0.4, -0.2) is 19.2 Å². The number of benzene rings is 2. The predicted octanol–water partition coefficient (Wildman–Crippen LogP) is 6.52. The smallest absolute Gasteiger partial charge is 0.166 e. The maximum Gasteiger partial charge on any atom is 0.166 e. The van der Waals surface area contributed by atoms with Crippen LogP contribution >= 0.6 is 11.6 Å². The van der Waals surface area contributed by atoms with Crippen molar-refractivity contribution in [1.29, 1.82) is 0 Å². The lowest BCUT2D eigenvalue weighted by atomic mass is 10.0. The molecular weight excluding hydrogens is 411 g/mol. The van der Waals surface area contributed by atoms with Gasteiger partial charge in [-0.1, -0.05) is 35.9 Å². The van der Waals surface area contributed by atoms with Gasteiger partial charge in [0.2, 0.25) is 0 Å². The molecule has 0 aliphatic heterocycles. The van der Waals surface area contributed by atoms with Gasteiger partial charge in [-0.2, -0.15) is 5.10 Å². The fourth-order valence-corrected chi connectivity index (χ4v) is 4.16. The Morgan fingerprint density at radius 1 is 0.903 bits per heavy atom. The van der Waals surface area contributed by atoms with Gasteiger partial charge in [-0.3, -0.25) is 0 Å². The zero-order valence-corrected chi connectivity index (χ0v) is 17.3. The SMILES string of the molecule is Fc1cccc(-c2cc(-n3cccc3)nc3c(-c4ccc(Cl)cc4)c(C4CC4)nn23)c1. The summed E-state index contributed by atoms with van der Waals surface area (Å²) in [7, 11) is 0. The molecule has 31 heavy (non-hydrogen) atoms. The van der Waals surface area contributed by atoms with Gasteiger partial charge in [-0.25, -0.2) is 13.9 Å². The van der Waals surface area contributed by atoms with E-state index in [1.165, 1.54) is 12.1 Å². The molecule has 1 aliphatic carbocycles. The van der Waals surface area contributed by atoms with Crippen molar-refractivity contribution in [1.82, 2.24) is 19.2 Å². The number of rotatable bonds is 4. The van der Waals surface area contributed by atoms with Crippen LogP contribution in [0, 0.1) is 5.82 Å². The Labute approximate surface area is 183 Å². The second-order valence-corrected chi connectivity index (χ2v) is 8.31. The Morgan fingerprint density at radius 3 is 2.39 bits per heavy atom. The van der Waals surface area contributed by atoms with Crippen molar-refractivity contribution >= 4 is 17.2 Å². The van der Waals surface area contributed by atoms with Crippen molar-refractivity contribution < 1.29 is 4.39 Å². The zero-order valence-electron chi connectivity index (χ0n) is 16.5. The monoisotopic (exact) mass is 428 g/mol. The first kappa shape index (κ1) is 18.3. The number of fused-ring (bicyclic) bond motifs is 1. The van der Waals surface area contributed by atoms with E-state index in [-0.39, 0.29) is 5.82 Å². The maximum absolute atomic E-state index is 14.1. The van der Waals surface area contributed by atoms with Crippen LogP contribution in [0.3, 0.4) is 0 Å². The van der Waals surface area contributed by atoms with Crippen molar-refractivity contribution in [2.24, 2.45) is 0 Å². The van der Waals surface area contributed by atoms with Crippen molar-refractivity contribution in [3.63, 3.8) is 0 Å². The molecule has 6 rings (SSSR count). The molecule has 3 aromatic heterocycles. The first-order valence-electron chi connectivity index (χ1n) is 10.3. The molecule has 0 bridgehead atoms. The number of hydrogen-bond acceptors (Lipinski definition) is 2. The molecule has 5 aromatic rings. The highest BCUT2D eigenvalue weighted by Gasteiger charge is 2.32. The van der Waals surface area contributed by atoms with Gasteiger partial charge < -0.3 is 4.57 Å². The first-order valence-corrected chi connectivity index (χ1v) is 10.6. The predicted molar refractivity (Wildman–Crippen MR) is 120 cm³/mol. The van der Waals surface area contributed by atoms with E-state index in [0.717, 1.165) is 52.4 Å². The minimum absolute atomic E-state index is 0.280. The van der Waals surface area contributed by atoms with Gasteiger partial charge in [0.25, 0.3) is 0 Å². The fraction of sp³-hybridized carbons (Fsp3) is 0.120. The highest BCUT2D eigenvalue weighted by Crippen LogP contribution is 2.45. The van der Waals surface area contributed by atoms with Crippen LogP contribution < -0.4 is 0 Å². The largest absolute Gasteiger partial charge is 0.309 e. The molecule has 1 fully saturated rings. The highest BCUT2D eigenvalue weighted by molar-refractivity contribution is 6.30. The van der Waals surface area contributed by atoms with E-state index in [4.69, 9.17) is 21.7 Å². The highest BCUT2D eigenvalue weighted by atomic mass is 35.5. The van der Waals surface area contributed by atoms with E-state index in [1.54, 1.807) is 6.07 Å². The van der Waals surface area contributed by atoms with Gasteiger partial charge >= 0.3 is 0 Å². The molecule has 3 heterocycles. The summed E-state index contributed by atoms with van der Waals surface area (Å²) in [6.45, 7) is 0. The van der Waals surface area contributed by atoms with Crippen LogP contribution in [0.2, 0.25) is 5.02 Å². The molecule has 0 saturated heterocycles. The molecule has 0 spiro atoms. The molecule has 4 nitrogen and oxygen atoms in total. The molecule has 152 valence electrons. The van der Waals surface area contributed by atoms with Gasteiger partial charge in [0, 0.05) is 35.0 Å². The number of aromatic nitrogens is 4. The minimum Gasteiger partial charge on any atom is -0.309 e. The van der Waals surface area contributed by atoms with E-state index in [9.17, 15) is 4.39 Å². The summed E-state index contributed by atoms with van der Waals surface area (Å²) < 4.78 is 17.9. The molecule has 2 aromatic carbocycles. The van der Waals surface area contributed by atoms with E-state index < -0.39 is 0 Å². The van der Waals surface area contributed by atoms with Gasteiger partial charge in [0.1, 0.15) is 11.6 Å². The number of hydrogen-bond donors (Lipinski definition) is 0. The summed E-state index contributed by atoms with van der Waals surface area (Å²) >= 11 is 6.14. The lowest BCUT2D eigenvalue weighted by Crippen LogP contribution is -2.02. The molecule has 0 atom stereocenters. The van der Waals surface area contributed by atoms with Crippen molar-refractivity contribution in [3.8, 4) is 28.2 Å². The summed E-state index contributed by atoms with van der Waals surface area (Å²) in [5.74, 6) is 0.898. The molecule has 0 radical (unpaired) electrons. The molecule has 1 saturated carbocycles. The molecule has 0 unspecified atom stereocenters. The van der Waals surface area contributed by atoms with E-state index >= 15 is 0 Å². The second kappa shape index (κ2) is 7.06. The lowest BCUT2D eigenvalue weighted by molar-refractivity contribution is 0.628. The average Bonchev–Trinajstić information content (AvgIpc) is 3.33. The fourth-order valence-electron chi connectivity index (χ4n) is 4.03. The normalized spacial score (nSPS) is 13.7. The Hall–Kier alpha value is -3.44. The Morgan fingerprint density at radius 2 is 1.68 bits per heavy atom. The summed E-state index contributed by atoms with van der Waals surface area (Å²) in [6.07, 6.45) is 6.14. The molecule has 6 heteroatoms. The zero-order chi connectivity index (χ0) is 20.9.